The van der Waals surface area contributed by atoms with Crippen LogP contribution in [0, 0.1) is 0 Å². The molecule has 2 rings (SSSR count). The van der Waals surface area contributed by atoms with Gasteiger partial charge < -0.3 is 0 Å². The average molecular weight is 275 g/mol. The Morgan fingerprint density at radius 1 is 1.32 bits per heavy atom. The number of hydrogen-bond donors (Lipinski definition) is 0. The third kappa shape index (κ3) is 3.61. The van der Waals surface area contributed by atoms with E-state index < -0.39 is 11.0 Å². The van der Waals surface area contributed by atoms with Crippen molar-refractivity contribution in [3.05, 3.63) is 48.3 Å². The third-order valence-corrected chi connectivity index (χ3v) is 3.81. The molecule has 5 heteroatoms. The fourth-order valence-electron chi connectivity index (χ4n) is 1.44. The van der Waals surface area contributed by atoms with Crippen LogP contribution in [0.4, 0.5) is 0 Å². The number of hydrogen-bond acceptors (Lipinski definition) is 2. The van der Waals surface area contributed by atoms with Gasteiger partial charge in [0.1, 0.15) is 11.0 Å². The van der Waals surface area contributed by atoms with Crippen LogP contribution in [-0.4, -0.2) is 25.0 Å². The SMILES string of the molecule is CC(C)(C)[S@@](=O)/N=C/c1cccc(-n2cccn2)c1. The molecule has 0 fully saturated rings. The Kier molecular flexibility index (Phi) is 3.95. The highest BCUT2D eigenvalue weighted by molar-refractivity contribution is 7.85. The molecule has 0 N–H and O–H groups in total. The fourth-order valence-corrected chi connectivity index (χ4v) is 1.97. The molecule has 0 aliphatic heterocycles. The lowest BCUT2D eigenvalue weighted by Gasteiger charge is -2.12. The molecule has 1 aromatic carbocycles. The predicted octanol–water partition coefficient (Wildman–Crippen LogP) is 2.75. The van der Waals surface area contributed by atoms with Crippen molar-refractivity contribution in [1.82, 2.24) is 9.78 Å². The van der Waals surface area contributed by atoms with Gasteiger partial charge in [-0.25, -0.2) is 8.89 Å². The van der Waals surface area contributed by atoms with Crippen LogP contribution < -0.4 is 0 Å². The molecule has 1 heterocycles. The molecule has 4 nitrogen and oxygen atoms in total. The minimum atomic E-state index is -1.23. The summed E-state index contributed by atoms with van der Waals surface area (Å²) >= 11 is 0. The molecule has 0 bridgehead atoms. The fraction of sp³-hybridized carbons (Fsp3) is 0.286. The second-order valence-corrected chi connectivity index (χ2v) is 7.08. The van der Waals surface area contributed by atoms with Crippen molar-refractivity contribution in [3.63, 3.8) is 0 Å². The topological polar surface area (TPSA) is 47.2 Å². The van der Waals surface area contributed by atoms with Gasteiger partial charge in [-0.1, -0.05) is 12.1 Å². The standard InChI is InChI=1S/C14H17N3OS/c1-14(2,3)19(18)16-11-12-6-4-7-13(10-12)17-9-5-8-15-17/h4-11H,1-3H3/b16-11+/t19-/m1/s1. The van der Waals surface area contributed by atoms with Gasteiger partial charge in [-0.2, -0.15) is 9.50 Å². The quantitative estimate of drug-likeness (QED) is 0.809. The van der Waals surface area contributed by atoms with Gasteiger partial charge in [-0.3, -0.25) is 0 Å². The molecule has 0 aliphatic rings. The molecule has 2 aromatic rings. The first-order chi connectivity index (χ1) is 8.97. The van der Waals surface area contributed by atoms with Crippen molar-refractivity contribution >= 4 is 17.2 Å². The maximum atomic E-state index is 11.8. The Hall–Kier alpha value is -1.75. The highest BCUT2D eigenvalue weighted by Crippen LogP contribution is 2.13. The molecule has 100 valence electrons. The Balaban J connectivity index is 2.21. The highest BCUT2D eigenvalue weighted by atomic mass is 32.2. The number of nitrogens with zero attached hydrogens (tertiary/aromatic N) is 3. The van der Waals surface area contributed by atoms with Crippen LogP contribution >= 0.6 is 0 Å². The maximum Gasteiger partial charge on any atom is 0.144 e. The number of aromatic nitrogens is 2. The van der Waals surface area contributed by atoms with Crippen LogP contribution in [0.25, 0.3) is 5.69 Å². The van der Waals surface area contributed by atoms with E-state index in [-0.39, 0.29) is 4.75 Å². The zero-order valence-electron chi connectivity index (χ0n) is 11.3. The molecule has 1 atom stereocenters. The predicted molar refractivity (Wildman–Crippen MR) is 79.1 cm³/mol. The molecule has 0 spiro atoms. The first-order valence-corrected chi connectivity index (χ1v) is 7.14. The van der Waals surface area contributed by atoms with E-state index >= 15 is 0 Å². The van der Waals surface area contributed by atoms with Gasteiger partial charge in [-0.15, -0.1) is 0 Å². The molecular weight excluding hydrogens is 258 g/mol. The summed E-state index contributed by atoms with van der Waals surface area (Å²) < 4.78 is 17.4. The molecule has 0 unspecified atom stereocenters. The van der Waals surface area contributed by atoms with Crippen molar-refractivity contribution in [1.29, 1.82) is 0 Å². The minimum Gasteiger partial charge on any atom is -0.241 e. The van der Waals surface area contributed by atoms with Crippen LogP contribution in [0.3, 0.4) is 0 Å². The van der Waals surface area contributed by atoms with Crippen molar-refractivity contribution in [2.75, 3.05) is 0 Å². The van der Waals surface area contributed by atoms with E-state index in [1.54, 1.807) is 17.1 Å². The van der Waals surface area contributed by atoms with E-state index in [0.717, 1.165) is 11.3 Å². The number of benzene rings is 1. The summed E-state index contributed by atoms with van der Waals surface area (Å²) in [5.74, 6) is 0. The van der Waals surface area contributed by atoms with E-state index in [2.05, 4.69) is 9.50 Å². The molecule has 0 aliphatic carbocycles. The van der Waals surface area contributed by atoms with Crippen molar-refractivity contribution in [2.24, 2.45) is 4.40 Å². The summed E-state index contributed by atoms with van der Waals surface area (Å²) in [7, 11) is -1.23. The van der Waals surface area contributed by atoms with Gasteiger partial charge in [0.2, 0.25) is 0 Å². The van der Waals surface area contributed by atoms with E-state index in [4.69, 9.17) is 0 Å². The highest BCUT2D eigenvalue weighted by Gasteiger charge is 2.18. The lowest BCUT2D eigenvalue weighted by molar-refractivity contribution is 0.651. The summed E-state index contributed by atoms with van der Waals surface area (Å²) in [6.45, 7) is 5.71. The smallest absolute Gasteiger partial charge is 0.144 e. The van der Waals surface area contributed by atoms with Gasteiger partial charge >= 0.3 is 0 Å². The summed E-state index contributed by atoms with van der Waals surface area (Å²) in [5, 5.41) is 4.17. The van der Waals surface area contributed by atoms with E-state index in [0.29, 0.717) is 0 Å². The largest absolute Gasteiger partial charge is 0.241 e. The zero-order chi connectivity index (χ0) is 13.9. The van der Waals surface area contributed by atoms with E-state index in [1.165, 1.54) is 0 Å². The van der Waals surface area contributed by atoms with E-state index in [1.807, 2.05) is 57.3 Å². The van der Waals surface area contributed by atoms with Gasteiger partial charge in [0, 0.05) is 18.6 Å². The van der Waals surface area contributed by atoms with Crippen molar-refractivity contribution in [3.8, 4) is 5.69 Å². The molecule has 0 amide bonds. The summed E-state index contributed by atoms with van der Waals surface area (Å²) in [4.78, 5) is 0. The zero-order valence-corrected chi connectivity index (χ0v) is 12.1. The molecule has 1 aromatic heterocycles. The summed E-state index contributed by atoms with van der Waals surface area (Å²) in [5.41, 5.74) is 1.86. The van der Waals surface area contributed by atoms with Crippen LogP contribution in [0.2, 0.25) is 0 Å². The molecule has 0 radical (unpaired) electrons. The maximum absolute atomic E-state index is 11.8. The van der Waals surface area contributed by atoms with Crippen LogP contribution in [0.15, 0.2) is 47.1 Å². The first-order valence-electron chi connectivity index (χ1n) is 6.03. The Morgan fingerprint density at radius 3 is 2.74 bits per heavy atom. The van der Waals surface area contributed by atoms with Gasteiger partial charge in [0.15, 0.2) is 0 Å². The molecule has 0 saturated heterocycles. The van der Waals surface area contributed by atoms with Gasteiger partial charge in [0.25, 0.3) is 0 Å². The van der Waals surface area contributed by atoms with Crippen LogP contribution in [-0.2, 0) is 11.0 Å². The summed E-state index contributed by atoms with van der Waals surface area (Å²) in [6.07, 6.45) is 5.26. The minimum absolute atomic E-state index is 0.337. The monoisotopic (exact) mass is 275 g/mol. The molecular formula is C14H17N3OS. The average Bonchev–Trinajstić information content (AvgIpc) is 2.89. The van der Waals surface area contributed by atoms with Crippen LogP contribution in [0.5, 0.6) is 0 Å². The molecule has 0 saturated carbocycles. The van der Waals surface area contributed by atoms with Gasteiger partial charge in [0.05, 0.1) is 10.4 Å². The summed E-state index contributed by atoms with van der Waals surface area (Å²) in [6, 6.07) is 9.64. The van der Waals surface area contributed by atoms with Crippen molar-refractivity contribution in [2.45, 2.75) is 25.5 Å². The molecule has 19 heavy (non-hydrogen) atoms. The lowest BCUT2D eigenvalue weighted by atomic mass is 10.2. The van der Waals surface area contributed by atoms with Gasteiger partial charge in [-0.05, 0) is 44.5 Å². The Morgan fingerprint density at radius 2 is 2.11 bits per heavy atom. The third-order valence-electron chi connectivity index (χ3n) is 2.46. The Bertz CT molecular complexity index is 597. The van der Waals surface area contributed by atoms with Crippen LogP contribution in [0.1, 0.15) is 26.3 Å². The first kappa shape index (κ1) is 13.7. The second kappa shape index (κ2) is 5.48. The lowest BCUT2D eigenvalue weighted by Crippen LogP contribution is -2.19. The normalized spacial score (nSPS) is 13.8. The van der Waals surface area contributed by atoms with E-state index in [9.17, 15) is 4.21 Å². The number of rotatable bonds is 3. The Labute approximate surface area is 115 Å². The second-order valence-electron chi connectivity index (χ2n) is 5.14. The van der Waals surface area contributed by atoms with Crippen molar-refractivity contribution < 1.29 is 4.21 Å².